The highest BCUT2D eigenvalue weighted by Crippen LogP contribution is 2.17. The van der Waals surface area contributed by atoms with Gasteiger partial charge in [0, 0.05) is 0 Å². The van der Waals surface area contributed by atoms with Crippen LogP contribution in [0.2, 0.25) is 0 Å². The van der Waals surface area contributed by atoms with E-state index in [1.54, 1.807) is 0 Å². The van der Waals surface area contributed by atoms with Crippen LogP contribution in [-0.4, -0.2) is 0 Å². The van der Waals surface area contributed by atoms with Gasteiger partial charge in [0.25, 0.3) is 0 Å². The molecule has 0 saturated heterocycles. The van der Waals surface area contributed by atoms with Crippen LogP contribution in [0.4, 0.5) is 0 Å². The Morgan fingerprint density at radius 1 is 1.67 bits per heavy atom. The summed E-state index contributed by atoms with van der Waals surface area (Å²) >= 11 is 0. The van der Waals surface area contributed by atoms with Gasteiger partial charge in [0.05, 0.1) is 0 Å². The van der Waals surface area contributed by atoms with Crippen LogP contribution in [0.1, 0.15) is 26.7 Å². The van der Waals surface area contributed by atoms with Crippen LogP contribution in [0.25, 0.3) is 0 Å². The Labute approximate surface area is 57.3 Å². The van der Waals surface area contributed by atoms with Gasteiger partial charge in [-0.05, 0) is 31.8 Å². The van der Waals surface area contributed by atoms with E-state index in [9.17, 15) is 0 Å². The molecule has 0 amide bonds. The maximum Gasteiger partial charge on any atom is -0.0247 e. The highest BCUT2D eigenvalue weighted by Gasteiger charge is 2.02. The van der Waals surface area contributed by atoms with Crippen LogP contribution in [0.15, 0.2) is 17.7 Å². The number of hydrogen-bond donors (Lipinski definition) is 0. The van der Waals surface area contributed by atoms with E-state index < -0.39 is 0 Å². The second-order valence-electron chi connectivity index (χ2n) is 2.90. The van der Waals surface area contributed by atoms with Crippen molar-refractivity contribution >= 4 is 0 Å². The van der Waals surface area contributed by atoms with Gasteiger partial charge >= 0.3 is 0 Å². The van der Waals surface area contributed by atoms with Crippen molar-refractivity contribution in [2.75, 3.05) is 0 Å². The minimum Gasteiger partial charge on any atom is -0.0730 e. The number of hydrogen-bond acceptors (Lipinski definition) is 0. The second kappa shape index (κ2) is 2.86. The molecule has 1 aliphatic rings. The van der Waals surface area contributed by atoms with Crippen LogP contribution in [0.5, 0.6) is 0 Å². The zero-order valence-electron chi connectivity index (χ0n) is 6.15. The molecule has 0 aliphatic heterocycles. The van der Waals surface area contributed by atoms with Crippen molar-refractivity contribution in [3.05, 3.63) is 23.8 Å². The SMILES string of the molecule is CC1=CC=[C]CC(C)C1. The van der Waals surface area contributed by atoms with Crippen LogP contribution in [0.3, 0.4) is 0 Å². The Bertz CT molecular complexity index is 140. The lowest BCUT2D eigenvalue weighted by molar-refractivity contribution is 0.583. The zero-order chi connectivity index (χ0) is 6.69. The summed E-state index contributed by atoms with van der Waals surface area (Å²) in [5.41, 5.74) is 1.48. The lowest BCUT2D eigenvalue weighted by Crippen LogP contribution is -1.90. The van der Waals surface area contributed by atoms with E-state index in [2.05, 4.69) is 26.0 Å². The Hall–Kier alpha value is -0.520. The smallest absolute Gasteiger partial charge is 0.0247 e. The Balaban J connectivity index is 2.58. The van der Waals surface area contributed by atoms with E-state index in [0.717, 1.165) is 12.3 Å². The molecule has 1 radical (unpaired) electrons. The molecule has 0 spiro atoms. The third-order valence-electron chi connectivity index (χ3n) is 1.62. The minimum atomic E-state index is 0.792. The van der Waals surface area contributed by atoms with Gasteiger partial charge in [0.2, 0.25) is 0 Å². The van der Waals surface area contributed by atoms with Gasteiger partial charge in [-0.3, -0.25) is 0 Å². The maximum atomic E-state index is 3.23. The topological polar surface area (TPSA) is 0 Å². The van der Waals surface area contributed by atoms with Crippen LogP contribution in [-0.2, 0) is 0 Å². The largest absolute Gasteiger partial charge is 0.0730 e. The van der Waals surface area contributed by atoms with Gasteiger partial charge < -0.3 is 0 Å². The first-order chi connectivity index (χ1) is 4.29. The van der Waals surface area contributed by atoms with Gasteiger partial charge in [-0.1, -0.05) is 24.6 Å². The molecule has 0 aromatic carbocycles. The first-order valence-electron chi connectivity index (χ1n) is 3.51. The van der Waals surface area contributed by atoms with Crippen molar-refractivity contribution in [1.29, 1.82) is 0 Å². The van der Waals surface area contributed by atoms with Gasteiger partial charge in [0.15, 0.2) is 0 Å². The molecule has 0 aromatic heterocycles. The Morgan fingerprint density at radius 3 is 3.22 bits per heavy atom. The monoisotopic (exact) mass is 121 g/mol. The van der Waals surface area contributed by atoms with Gasteiger partial charge in [-0.25, -0.2) is 0 Å². The van der Waals surface area contributed by atoms with Crippen molar-refractivity contribution in [1.82, 2.24) is 0 Å². The molecule has 0 aromatic rings. The van der Waals surface area contributed by atoms with Crippen LogP contribution < -0.4 is 0 Å². The highest BCUT2D eigenvalue weighted by molar-refractivity contribution is 5.11. The molecular formula is C9H13. The van der Waals surface area contributed by atoms with Gasteiger partial charge in [-0.2, -0.15) is 0 Å². The maximum absolute atomic E-state index is 3.23. The molecule has 0 heterocycles. The molecule has 0 saturated carbocycles. The molecule has 9 heavy (non-hydrogen) atoms. The fraction of sp³-hybridized carbons (Fsp3) is 0.556. The first kappa shape index (κ1) is 6.60. The predicted molar refractivity (Wildman–Crippen MR) is 40.0 cm³/mol. The molecule has 0 N–H and O–H groups in total. The first-order valence-corrected chi connectivity index (χ1v) is 3.51. The van der Waals surface area contributed by atoms with E-state index in [-0.39, 0.29) is 0 Å². The molecule has 1 unspecified atom stereocenters. The molecule has 0 fully saturated rings. The van der Waals surface area contributed by atoms with E-state index in [0.29, 0.717) is 0 Å². The summed E-state index contributed by atoms with van der Waals surface area (Å²) in [5, 5.41) is 0. The highest BCUT2D eigenvalue weighted by atomic mass is 14.1. The van der Waals surface area contributed by atoms with Gasteiger partial charge in [-0.15, -0.1) is 0 Å². The summed E-state index contributed by atoms with van der Waals surface area (Å²) in [6.07, 6.45) is 9.78. The normalized spacial score (nSPS) is 27.3. The lowest BCUT2D eigenvalue weighted by Gasteiger charge is -2.04. The molecule has 0 heteroatoms. The summed E-state index contributed by atoms with van der Waals surface area (Å²) < 4.78 is 0. The van der Waals surface area contributed by atoms with E-state index in [4.69, 9.17) is 0 Å². The van der Waals surface area contributed by atoms with Crippen molar-refractivity contribution in [2.45, 2.75) is 26.7 Å². The van der Waals surface area contributed by atoms with Crippen molar-refractivity contribution in [2.24, 2.45) is 5.92 Å². The number of rotatable bonds is 0. The Kier molecular flexibility index (Phi) is 2.10. The molecule has 49 valence electrons. The van der Waals surface area contributed by atoms with Crippen molar-refractivity contribution in [3.63, 3.8) is 0 Å². The predicted octanol–water partition coefficient (Wildman–Crippen LogP) is 2.72. The lowest BCUT2D eigenvalue weighted by atomic mass is 10.0. The van der Waals surface area contributed by atoms with Gasteiger partial charge in [0.1, 0.15) is 0 Å². The average molecular weight is 121 g/mol. The van der Waals surface area contributed by atoms with E-state index in [1.807, 2.05) is 6.08 Å². The van der Waals surface area contributed by atoms with Crippen molar-refractivity contribution < 1.29 is 0 Å². The van der Waals surface area contributed by atoms with E-state index in [1.165, 1.54) is 12.0 Å². The number of allylic oxidation sites excluding steroid dienone is 4. The summed E-state index contributed by atoms with van der Waals surface area (Å²) in [4.78, 5) is 0. The molecule has 0 bridgehead atoms. The second-order valence-corrected chi connectivity index (χ2v) is 2.90. The minimum absolute atomic E-state index is 0.792. The molecule has 0 nitrogen and oxygen atoms in total. The third-order valence-corrected chi connectivity index (χ3v) is 1.62. The molecular weight excluding hydrogens is 108 g/mol. The third kappa shape index (κ3) is 2.05. The van der Waals surface area contributed by atoms with Crippen LogP contribution in [0, 0.1) is 12.0 Å². The summed E-state index contributed by atoms with van der Waals surface area (Å²) in [6.45, 7) is 4.45. The van der Waals surface area contributed by atoms with Crippen molar-refractivity contribution in [3.8, 4) is 0 Å². The van der Waals surface area contributed by atoms with E-state index >= 15 is 0 Å². The average Bonchev–Trinajstić information content (AvgIpc) is 1.93. The fourth-order valence-electron chi connectivity index (χ4n) is 1.16. The molecule has 1 rings (SSSR count). The standard InChI is InChI=1S/C9H13/c1-8-5-3-4-6-9(2)7-8/h3,5,9H,6-7H2,1-2H3. The molecule has 1 atom stereocenters. The summed E-state index contributed by atoms with van der Waals surface area (Å²) in [7, 11) is 0. The molecule has 1 aliphatic carbocycles. The summed E-state index contributed by atoms with van der Waals surface area (Å²) in [6, 6.07) is 0. The quantitative estimate of drug-likeness (QED) is 0.462. The van der Waals surface area contributed by atoms with Crippen LogP contribution >= 0.6 is 0 Å². The fourth-order valence-corrected chi connectivity index (χ4v) is 1.16. The zero-order valence-corrected chi connectivity index (χ0v) is 6.15. The Morgan fingerprint density at radius 2 is 2.44 bits per heavy atom. The summed E-state index contributed by atoms with van der Waals surface area (Å²) in [5.74, 6) is 0.792.